The lowest BCUT2D eigenvalue weighted by molar-refractivity contribution is -0.0499. The van der Waals surface area contributed by atoms with Crippen LogP contribution in [0, 0.1) is 0 Å². The van der Waals surface area contributed by atoms with Crippen LogP contribution in [-0.2, 0) is 16.6 Å². The molecule has 0 spiro atoms. The Labute approximate surface area is 188 Å². The summed E-state index contributed by atoms with van der Waals surface area (Å²) in [6.07, 6.45) is 4.67. The molecule has 0 aliphatic rings. The Kier molecular flexibility index (Phi) is 6.25. The predicted molar refractivity (Wildman–Crippen MR) is 118 cm³/mol. The van der Waals surface area contributed by atoms with E-state index >= 15 is 0 Å². The molecule has 4 aromatic rings. The minimum Gasteiger partial charge on any atom is -0.467 e. The van der Waals surface area contributed by atoms with Gasteiger partial charge in [0.15, 0.2) is 0 Å². The van der Waals surface area contributed by atoms with Crippen molar-refractivity contribution in [3.8, 4) is 22.9 Å². The molecule has 0 bridgehead atoms. The fourth-order valence-electron chi connectivity index (χ4n) is 3.47. The molecule has 0 saturated carbocycles. The number of benzene rings is 2. The summed E-state index contributed by atoms with van der Waals surface area (Å²) in [7, 11) is -0.901. The molecular formula is C22H20F2N4O4S. The topological polar surface area (TPSA) is 95.3 Å². The summed E-state index contributed by atoms with van der Waals surface area (Å²) in [4.78, 5) is 8.02. The van der Waals surface area contributed by atoms with E-state index in [0.29, 0.717) is 23.2 Å². The van der Waals surface area contributed by atoms with Gasteiger partial charge in [0.2, 0.25) is 0 Å². The van der Waals surface area contributed by atoms with E-state index in [1.54, 1.807) is 25.5 Å². The third-order valence-corrected chi connectivity index (χ3v) is 6.62. The summed E-state index contributed by atoms with van der Waals surface area (Å²) in [5.41, 5.74) is 2.55. The molecule has 0 amide bonds. The molecular weight excluding hydrogens is 454 g/mol. The first-order valence-electron chi connectivity index (χ1n) is 9.79. The molecule has 0 fully saturated rings. The standard InChI is InChI=1S/C22H20F2N4O4S/c1-25-10-16-13-28(33(29,30)18-5-3-4-17(9-18)32-21(23)24)20-8-14(6-7-19(16)20)15-11-26-22(31-2)27-12-15/h3-9,11-13,21,25H,10H2,1-2H3. The summed E-state index contributed by atoms with van der Waals surface area (Å²) in [6, 6.07) is 10.6. The molecule has 0 radical (unpaired) electrons. The average molecular weight is 474 g/mol. The number of alkyl halides is 2. The van der Waals surface area contributed by atoms with E-state index in [9.17, 15) is 17.2 Å². The Morgan fingerprint density at radius 2 is 1.85 bits per heavy atom. The second-order valence-corrected chi connectivity index (χ2v) is 8.84. The van der Waals surface area contributed by atoms with Gasteiger partial charge < -0.3 is 14.8 Å². The first-order valence-corrected chi connectivity index (χ1v) is 11.2. The van der Waals surface area contributed by atoms with Crippen molar-refractivity contribution in [1.82, 2.24) is 19.3 Å². The number of nitrogens with zero attached hydrogens (tertiary/aromatic N) is 3. The highest BCUT2D eigenvalue weighted by atomic mass is 32.2. The number of ether oxygens (including phenoxy) is 2. The first kappa shape index (κ1) is 22.6. The monoisotopic (exact) mass is 474 g/mol. The van der Waals surface area contributed by atoms with Gasteiger partial charge in [-0.2, -0.15) is 8.78 Å². The molecule has 1 N–H and O–H groups in total. The number of hydrogen-bond acceptors (Lipinski definition) is 7. The number of halogens is 2. The quantitative estimate of drug-likeness (QED) is 0.416. The van der Waals surface area contributed by atoms with E-state index in [-0.39, 0.29) is 16.7 Å². The minimum atomic E-state index is -4.12. The predicted octanol–water partition coefficient (Wildman–Crippen LogP) is 3.66. The molecule has 172 valence electrons. The average Bonchev–Trinajstić information content (AvgIpc) is 3.18. The largest absolute Gasteiger partial charge is 0.467 e. The van der Waals surface area contributed by atoms with Crippen LogP contribution in [-0.4, -0.2) is 43.1 Å². The second-order valence-electron chi connectivity index (χ2n) is 7.03. The van der Waals surface area contributed by atoms with E-state index in [0.717, 1.165) is 21.0 Å². The van der Waals surface area contributed by atoms with Crippen LogP contribution in [0.2, 0.25) is 0 Å². The Morgan fingerprint density at radius 3 is 2.52 bits per heavy atom. The highest BCUT2D eigenvalue weighted by Crippen LogP contribution is 2.31. The lowest BCUT2D eigenvalue weighted by atomic mass is 10.1. The summed E-state index contributed by atoms with van der Waals surface area (Å²) < 4.78 is 62.7. The molecule has 2 aromatic heterocycles. The van der Waals surface area contributed by atoms with Crippen LogP contribution in [0.3, 0.4) is 0 Å². The van der Waals surface area contributed by atoms with Crippen molar-refractivity contribution in [3.05, 3.63) is 66.6 Å². The van der Waals surface area contributed by atoms with Crippen LogP contribution >= 0.6 is 0 Å². The molecule has 4 rings (SSSR count). The molecule has 0 saturated heterocycles. The van der Waals surface area contributed by atoms with E-state index in [1.165, 1.54) is 31.5 Å². The van der Waals surface area contributed by atoms with Crippen molar-refractivity contribution in [2.45, 2.75) is 18.1 Å². The Hall–Kier alpha value is -3.57. The van der Waals surface area contributed by atoms with Gasteiger partial charge in [0, 0.05) is 42.2 Å². The normalized spacial score (nSPS) is 11.8. The summed E-state index contributed by atoms with van der Waals surface area (Å²) in [5, 5.41) is 3.75. The van der Waals surface area contributed by atoms with E-state index in [1.807, 2.05) is 12.1 Å². The van der Waals surface area contributed by atoms with Gasteiger partial charge in [-0.25, -0.2) is 22.4 Å². The number of rotatable bonds is 8. The maximum absolute atomic E-state index is 13.5. The molecule has 0 aliphatic heterocycles. The highest BCUT2D eigenvalue weighted by molar-refractivity contribution is 7.90. The van der Waals surface area contributed by atoms with Crippen LogP contribution in [0.25, 0.3) is 22.0 Å². The third-order valence-electron chi connectivity index (χ3n) is 4.95. The smallest absolute Gasteiger partial charge is 0.387 e. The highest BCUT2D eigenvalue weighted by Gasteiger charge is 2.23. The number of methoxy groups -OCH3 is 1. The zero-order valence-corrected chi connectivity index (χ0v) is 18.5. The van der Waals surface area contributed by atoms with E-state index < -0.39 is 16.6 Å². The SMILES string of the molecule is CNCc1cn(S(=O)(=O)c2cccc(OC(F)F)c2)c2cc(-c3cnc(OC)nc3)ccc12. The minimum absolute atomic E-state index is 0.174. The van der Waals surface area contributed by atoms with E-state index in [4.69, 9.17) is 4.74 Å². The van der Waals surface area contributed by atoms with Gasteiger partial charge in [0.05, 0.1) is 17.5 Å². The first-order chi connectivity index (χ1) is 15.8. The van der Waals surface area contributed by atoms with Gasteiger partial charge in [-0.05, 0) is 36.4 Å². The molecule has 0 atom stereocenters. The lowest BCUT2D eigenvalue weighted by Gasteiger charge is -2.10. The van der Waals surface area contributed by atoms with Crippen molar-refractivity contribution in [3.63, 3.8) is 0 Å². The van der Waals surface area contributed by atoms with Crippen molar-refractivity contribution < 1.29 is 26.7 Å². The van der Waals surface area contributed by atoms with Crippen LogP contribution in [0.4, 0.5) is 8.78 Å². The molecule has 11 heteroatoms. The van der Waals surface area contributed by atoms with Crippen LogP contribution in [0.1, 0.15) is 5.56 Å². The molecule has 0 aliphatic carbocycles. The molecule has 2 heterocycles. The van der Waals surface area contributed by atoms with Crippen LogP contribution < -0.4 is 14.8 Å². The Bertz CT molecular complexity index is 1390. The molecule has 2 aromatic carbocycles. The summed E-state index contributed by atoms with van der Waals surface area (Å²) in [6.45, 7) is -2.63. The molecule has 8 nitrogen and oxygen atoms in total. The van der Waals surface area contributed by atoms with Crippen molar-refractivity contribution in [1.29, 1.82) is 0 Å². The van der Waals surface area contributed by atoms with Gasteiger partial charge in [0.1, 0.15) is 5.75 Å². The van der Waals surface area contributed by atoms with Crippen LogP contribution in [0.5, 0.6) is 11.8 Å². The zero-order chi connectivity index (χ0) is 23.6. The Morgan fingerprint density at radius 1 is 1.09 bits per heavy atom. The second kappa shape index (κ2) is 9.12. The number of aromatic nitrogens is 3. The maximum Gasteiger partial charge on any atom is 0.387 e. The van der Waals surface area contributed by atoms with Crippen molar-refractivity contribution in [2.75, 3.05) is 14.2 Å². The van der Waals surface area contributed by atoms with Gasteiger partial charge in [-0.15, -0.1) is 0 Å². The summed E-state index contributed by atoms with van der Waals surface area (Å²) >= 11 is 0. The molecule has 33 heavy (non-hydrogen) atoms. The number of nitrogens with one attached hydrogen (secondary N) is 1. The fraction of sp³-hybridized carbons (Fsp3) is 0.182. The summed E-state index contributed by atoms with van der Waals surface area (Å²) in [5.74, 6) is -0.242. The van der Waals surface area contributed by atoms with Gasteiger partial charge in [-0.3, -0.25) is 0 Å². The Balaban J connectivity index is 1.86. The number of fused-ring (bicyclic) bond motifs is 1. The lowest BCUT2D eigenvalue weighted by Crippen LogP contribution is -2.13. The zero-order valence-electron chi connectivity index (χ0n) is 17.7. The van der Waals surface area contributed by atoms with E-state index in [2.05, 4.69) is 20.0 Å². The van der Waals surface area contributed by atoms with Gasteiger partial charge in [0.25, 0.3) is 10.0 Å². The van der Waals surface area contributed by atoms with Crippen LogP contribution in [0.15, 0.2) is 66.0 Å². The maximum atomic E-state index is 13.5. The number of hydrogen-bond donors (Lipinski definition) is 1. The molecule has 0 unspecified atom stereocenters. The van der Waals surface area contributed by atoms with Crippen molar-refractivity contribution >= 4 is 20.9 Å². The fourth-order valence-corrected chi connectivity index (χ4v) is 4.89. The van der Waals surface area contributed by atoms with Gasteiger partial charge >= 0.3 is 12.6 Å². The van der Waals surface area contributed by atoms with Gasteiger partial charge in [-0.1, -0.05) is 18.2 Å². The third kappa shape index (κ3) is 4.50. The van der Waals surface area contributed by atoms with Crippen molar-refractivity contribution in [2.24, 2.45) is 0 Å².